The van der Waals surface area contributed by atoms with Crippen molar-refractivity contribution in [2.45, 2.75) is 20.8 Å². The predicted molar refractivity (Wildman–Crippen MR) is 78.3 cm³/mol. The summed E-state index contributed by atoms with van der Waals surface area (Å²) in [5, 5.41) is 0.483. The smallest absolute Gasteiger partial charge is 0.365 e. The third-order valence-electron chi connectivity index (χ3n) is 2.75. The van der Waals surface area contributed by atoms with Crippen LogP contribution < -0.4 is 10.0 Å². The molecule has 0 aliphatic carbocycles. The molecule has 0 aromatic heterocycles. The molecule has 19 heavy (non-hydrogen) atoms. The van der Waals surface area contributed by atoms with Gasteiger partial charge in [0.2, 0.25) is 0 Å². The summed E-state index contributed by atoms with van der Waals surface area (Å²) < 4.78 is 29.0. The van der Waals surface area contributed by atoms with Gasteiger partial charge in [-0.3, -0.25) is 4.57 Å². The molecule has 0 aliphatic heterocycles. The summed E-state index contributed by atoms with van der Waals surface area (Å²) in [6, 6.07) is 3.62. The van der Waals surface area contributed by atoms with Crippen LogP contribution in [0.3, 0.4) is 0 Å². The fraction of sp³-hybridized carbons (Fsp3) is 0.429. The zero-order valence-corrected chi connectivity index (χ0v) is 12.8. The van der Waals surface area contributed by atoms with E-state index in [1.807, 2.05) is 13.0 Å². The van der Waals surface area contributed by atoms with Crippen LogP contribution in [0.2, 0.25) is 0 Å². The Balaban J connectivity index is 3.51. The Kier molecular flexibility index (Phi) is 5.80. The van der Waals surface area contributed by atoms with E-state index in [-0.39, 0.29) is 0 Å². The Morgan fingerprint density at radius 1 is 1.26 bits per heavy atom. The molecule has 0 heterocycles. The van der Waals surface area contributed by atoms with Gasteiger partial charge < -0.3 is 13.8 Å². The van der Waals surface area contributed by atoms with Crippen molar-refractivity contribution in [1.82, 2.24) is 0 Å². The summed E-state index contributed by atoms with van der Waals surface area (Å²) in [7, 11) is -1.84. The summed E-state index contributed by atoms with van der Waals surface area (Å²) in [5.41, 5.74) is 1.69. The molecule has 4 nitrogen and oxygen atoms in total. The number of rotatable bonds is 7. The lowest BCUT2D eigenvalue weighted by molar-refractivity contribution is 0.229. The highest BCUT2D eigenvalue weighted by atomic mass is 31.2. The highest BCUT2D eigenvalue weighted by molar-refractivity contribution is 7.62. The molecule has 0 radical (unpaired) electrons. The first-order valence-corrected chi connectivity index (χ1v) is 7.78. The maximum Gasteiger partial charge on any atom is 0.365 e. The molecule has 0 saturated carbocycles. The van der Waals surface area contributed by atoms with E-state index in [2.05, 4.69) is 6.58 Å². The molecule has 0 saturated heterocycles. The summed E-state index contributed by atoms with van der Waals surface area (Å²) >= 11 is 0. The SMILES string of the molecule is C=Cc1ccc(OC)c(P(=O)(OCC)OCC)c1C. The molecule has 1 rings (SSSR count). The van der Waals surface area contributed by atoms with Gasteiger partial charge in [0.1, 0.15) is 11.1 Å². The molecule has 0 atom stereocenters. The highest BCUT2D eigenvalue weighted by Gasteiger charge is 2.33. The van der Waals surface area contributed by atoms with Crippen molar-refractivity contribution in [3.05, 3.63) is 29.8 Å². The number of benzene rings is 1. The van der Waals surface area contributed by atoms with Crippen LogP contribution >= 0.6 is 7.60 Å². The van der Waals surface area contributed by atoms with E-state index in [4.69, 9.17) is 13.8 Å². The van der Waals surface area contributed by atoms with Crippen LogP contribution in [0.15, 0.2) is 18.7 Å². The quantitative estimate of drug-likeness (QED) is 0.718. The van der Waals surface area contributed by atoms with Gasteiger partial charge in [-0.15, -0.1) is 0 Å². The first-order chi connectivity index (χ1) is 9.03. The van der Waals surface area contributed by atoms with Gasteiger partial charge in [-0.2, -0.15) is 0 Å². The molecule has 1 aromatic rings. The maximum absolute atomic E-state index is 12.9. The third-order valence-corrected chi connectivity index (χ3v) is 5.05. The zero-order chi connectivity index (χ0) is 14.5. The summed E-state index contributed by atoms with van der Waals surface area (Å²) in [6.45, 7) is 9.78. The number of hydrogen-bond acceptors (Lipinski definition) is 4. The molecule has 0 bridgehead atoms. The molecule has 5 heteroatoms. The lowest BCUT2D eigenvalue weighted by Crippen LogP contribution is -2.17. The van der Waals surface area contributed by atoms with E-state index >= 15 is 0 Å². The molecular formula is C14H21O4P. The van der Waals surface area contributed by atoms with Gasteiger partial charge in [0, 0.05) is 0 Å². The third kappa shape index (κ3) is 3.27. The molecule has 1 aromatic carbocycles. The Bertz CT molecular complexity index is 486. The van der Waals surface area contributed by atoms with Crippen molar-refractivity contribution in [3.63, 3.8) is 0 Å². The van der Waals surface area contributed by atoms with Crippen LogP contribution in [0.4, 0.5) is 0 Å². The Morgan fingerprint density at radius 2 is 1.84 bits per heavy atom. The Morgan fingerprint density at radius 3 is 2.26 bits per heavy atom. The maximum atomic E-state index is 12.9. The van der Waals surface area contributed by atoms with Gasteiger partial charge in [-0.1, -0.05) is 18.7 Å². The summed E-state index contributed by atoms with van der Waals surface area (Å²) in [4.78, 5) is 0. The van der Waals surface area contributed by atoms with E-state index in [9.17, 15) is 4.57 Å². The minimum atomic E-state index is -3.38. The molecular weight excluding hydrogens is 263 g/mol. The van der Waals surface area contributed by atoms with Crippen LogP contribution in [-0.2, 0) is 13.6 Å². The lowest BCUT2D eigenvalue weighted by atomic mass is 10.1. The zero-order valence-electron chi connectivity index (χ0n) is 11.9. The number of ether oxygens (including phenoxy) is 1. The van der Waals surface area contributed by atoms with Gasteiger partial charge in [-0.25, -0.2) is 0 Å². The van der Waals surface area contributed by atoms with E-state index < -0.39 is 7.60 Å². The predicted octanol–water partition coefficient (Wildman–Crippen LogP) is 3.54. The van der Waals surface area contributed by atoms with E-state index in [1.54, 1.807) is 26.0 Å². The van der Waals surface area contributed by atoms with E-state index in [1.165, 1.54) is 7.11 Å². The monoisotopic (exact) mass is 284 g/mol. The van der Waals surface area contributed by atoms with Crippen LogP contribution in [-0.4, -0.2) is 20.3 Å². The van der Waals surface area contributed by atoms with Gasteiger partial charge >= 0.3 is 7.60 Å². The molecule has 0 amide bonds. The minimum Gasteiger partial charge on any atom is -0.496 e. The second-order valence-corrected chi connectivity index (χ2v) is 5.83. The van der Waals surface area contributed by atoms with Crippen molar-refractivity contribution in [2.24, 2.45) is 0 Å². The topological polar surface area (TPSA) is 44.8 Å². The highest BCUT2D eigenvalue weighted by Crippen LogP contribution is 2.50. The standard InChI is InChI=1S/C14H21O4P/c1-6-12-9-10-13(16-5)14(11(12)4)19(15,17-7-2)18-8-3/h6,9-10H,1,7-8H2,2-5H3. The fourth-order valence-electron chi connectivity index (χ4n) is 1.92. The van der Waals surface area contributed by atoms with Gasteiger partial charge in [0.05, 0.1) is 20.3 Å². The second-order valence-electron chi connectivity index (χ2n) is 3.87. The van der Waals surface area contributed by atoms with Crippen molar-refractivity contribution in [2.75, 3.05) is 20.3 Å². The normalized spacial score (nSPS) is 11.4. The van der Waals surface area contributed by atoms with Gasteiger partial charge in [-0.05, 0) is 38.0 Å². The average Bonchev–Trinajstić information content (AvgIpc) is 2.38. The Hall–Kier alpha value is -1.09. The van der Waals surface area contributed by atoms with Crippen LogP contribution in [0.5, 0.6) is 5.75 Å². The van der Waals surface area contributed by atoms with Crippen molar-refractivity contribution >= 4 is 19.0 Å². The van der Waals surface area contributed by atoms with Crippen LogP contribution in [0.1, 0.15) is 25.0 Å². The van der Waals surface area contributed by atoms with Gasteiger partial charge in [0.25, 0.3) is 0 Å². The summed E-state index contributed by atoms with van der Waals surface area (Å²) in [5.74, 6) is 0.508. The molecule has 0 spiro atoms. The average molecular weight is 284 g/mol. The number of methoxy groups -OCH3 is 1. The van der Waals surface area contributed by atoms with E-state index in [0.29, 0.717) is 24.3 Å². The van der Waals surface area contributed by atoms with Crippen LogP contribution in [0, 0.1) is 6.92 Å². The molecule has 0 unspecified atom stereocenters. The molecule has 0 aliphatic rings. The lowest BCUT2D eigenvalue weighted by Gasteiger charge is -2.22. The fourth-order valence-corrected chi connectivity index (χ4v) is 3.91. The molecule has 0 fully saturated rings. The van der Waals surface area contributed by atoms with Crippen molar-refractivity contribution in [1.29, 1.82) is 0 Å². The minimum absolute atomic E-state index is 0.304. The number of hydrogen-bond donors (Lipinski definition) is 0. The van der Waals surface area contributed by atoms with E-state index in [0.717, 1.165) is 11.1 Å². The summed E-state index contributed by atoms with van der Waals surface area (Å²) in [6.07, 6.45) is 1.71. The second kappa shape index (κ2) is 6.90. The van der Waals surface area contributed by atoms with Crippen LogP contribution in [0.25, 0.3) is 6.08 Å². The first kappa shape index (κ1) is 16.0. The van der Waals surface area contributed by atoms with Crippen molar-refractivity contribution in [3.8, 4) is 5.75 Å². The Labute approximate surface area is 114 Å². The van der Waals surface area contributed by atoms with Crippen molar-refractivity contribution < 1.29 is 18.3 Å². The molecule has 0 N–H and O–H groups in total. The van der Waals surface area contributed by atoms with Gasteiger partial charge in [0.15, 0.2) is 0 Å². The first-order valence-electron chi connectivity index (χ1n) is 6.23. The largest absolute Gasteiger partial charge is 0.496 e. The molecule has 106 valence electrons.